The number of benzene rings is 1. The van der Waals surface area contributed by atoms with Gasteiger partial charge in [-0.3, -0.25) is 0 Å². The lowest BCUT2D eigenvalue weighted by Crippen LogP contribution is -1.98. The van der Waals surface area contributed by atoms with Gasteiger partial charge in [0, 0.05) is 17.0 Å². The Morgan fingerprint density at radius 2 is 1.86 bits per heavy atom. The highest BCUT2D eigenvalue weighted by Gasteiger charge is 2.14. The second-order valence-corrected chi connectivity index (χ2v) is 5.30. The number of aromatic nitrogens is 3. The predicted octanol–water partition coefficient (Wildman–Crippen LogP) is 3.72. The van der Waals surface area contributed by atoms with Gasteiger partial charge in [-0.15, -0.1) is 0 Å². The van der Waals surface area contributed by atoms with Gasteiger partial charge in [0.05, 0.1) is 11.4 Å². The molecule has 3 rings (SSSR count). The molecule has 0 aliphatic heterocycles. The lowest BCUT2D eigenvalue weighted by atomic mass is 10.1. The largest absolute Gasteiger partial charge is 0.405 e. The number of hydrogen-bond acceptors (Lipinski definition) is 3. The zero-order chi connectivity index (χ0) is 14.8. The Kier molecular flexibility index (Phi) is 3.82. The van der Waals surface area contributed by atoms with Crippen LogP contribution >= 0.6 is 23.2 Å². The van der Waals surface area contributed by atoms with Crippen LogP contribution < -0.4 is 5.73 Å². The quantitative estimate of drug-likeness (QED) is 0.800. The van der Waals surface area contributed by atoms with Gasteiger partial charge < -0.3 is 5.73 Å². The molecule has 0 unspecified atom stereocenters. The smallest absolute Gasteiger partial charge is 0.154 e. The highest BCUT2D eigenvalue weighted by Crippen LogP contribution is 2.26. The minimum atomic E-state index is 0.417. The minimum Gasteiger partial charge on any atom is -0.405 e. The molecule has 0 saturated carbocycles. The maximum absolute atomic E-state index is 5.98. The number of nitrogens with two attached hydrogens (primary N) is 1. The lowest BCUT2D eigenvalue weighted by Gasteiger charge is -2.02. The third-order valence-electron chi connectivity index (χ3n) is 3.10. The maximum atomic E-state index is 5.98. The molecule has 0 spiro atoms. The van der Waals surface area contributed by atoms with Crippen molar-refractivity contribution in [3.05, 3.63) is 64.5 Å². The number of nitrogens with zero attached hydrogens (tertiary/aromatic N) is 3. The van der Waals surface area contributed by atoms with E-state index in [1.54, 1.807) is 10.6 Å². The molecule has 0 saturated heterocycles. The summed E-state index contributed by atoms with van der Waals surface area (Å²) in [6.07, 6.45) is 3.98. The zero-order valence-corrected chi connectivity index (χ0v) is 12.5. The summed E-state index contributed by atoms with van der Waals surface area (Å²) in [5.74, 6) is 0. The summed E-state index contributed by atoms with van der Waals surface area (Å²) in [4.78, 5) is 4.63. The van der Waals surface area contributed by atoms with E-state index in [1.165, 1.54) is 6.20 Å². The molecule has 0 radical (unpaired) electrons. The van der Waals surface area contributed by atoms with E-state index in [2.05, 4.69) is 10.1 Å². The molecule has 0 amide bonds. The van der Waals surface area contributed by atoms with E-state index in [1.807, 2.05) is 36.4 Å². The maximum Gasteiger partial charge on any atom is 0.154 e. The van der Waals surface area contributed by atoms with Crippen molar-refractivity contribution >= 4 is 28.8 Å². The second kappa shape index (κ2) is 5.76. The van der Waals surface area contributed by atoms with Crippen LogP contribution in [-0.2, 0) is 6.42 Å². The standard InChI is InChI=1S/C15H12Cl2N4/c16-11-5-3-10(4-6-11)15-12(2-1-9-18)21-14(19-15)8-7-13(17)20-21/h1,3-9H,2,18H2/b9-1+. The fourth-order valence-electron chi connectivity index (χ4n) is 2.16. The second-order valence-electron chi connectivity index (χ2n) is 4.47. The Morgan fingerprint density at radius 1 is 1.10 bits per heavy atom. The van der Waals surface area contributed by atoms with E-state index < -0.39 is 0 Å². The van der Waals surface area contributed by atoms with Gasteiger partial charge in [0.15, 0.2) is 5.65 Å². The summed E-state index contributed by atoms with van der Waals surface area (Å²) in [5, 5.41) is 5.42. The number of allylic oxidation sites excluding steroid dienone is 1. The average Bonchev–Trinajstić information content (AvgIpc) is 2.83. The van der Waals surface area contributed by atoms with Crippen molar-refractivity contribution < 1.29 is 0 Å². The molecule has 0 aliphatic carbocycles. The molecular formula is C15H12Cl2N4. The van der Waals surface area contributed by atoms with E-state index in [9.17, 15) is 0 Å². The van der Waals surface area contributed by atoms with Gasteiger partial charge >= 0.3 is 0 Å². The third kappa shape index (κ3) is 2.73. The van der Waals surface area contributed by atoms with Crippen molar-refractivity contribution in [3.8, 4) is 11.3 Å². The molecule has 0 bridgehead atoms. The summed E-state index contributed by atoms with van der Waals surface area (Å²) in [6.45, 7) is 0. The third-order valence-corrected chi connectivity index (χ3v) is 3.56. The number of halogens is 2. The van der Waals surface area contributed by atoms with Crippen LogP contribution in [0, 0.1) is 0 Å². The van der Waals surface area contributed by atoms with Gasteiger partial charge in [0.1, 0.15) is 5.15 Å². The zero-order valence-electron chi connectivity index (χ0n) is 11.0. The number of rotatable bonds is 3. The van der Waals surface area contributed by atoms with Crippen LogP contribution in [0.4, 0.5) is 0 Å². The van der Waals surface area contributed by atoms with Crippen LogP contribution in [0.25, 0.3) is 16.9 Å². The fourth-order valence-corrected chi connectivity index (χ4v) is 2.42. The molecule has 21 heavy (non-hydrogen) atoms. The topological polar surface area (TPSA) is 56.2 Å². The van der Waals surface area contributed by atoms with Crippen LogP contribution in [0.5, 0.6) is 0 Å². The summed E-state index contributed by atoms with van der Waals surface area (Å²) in [6, 6.07) is 11.1. The Labute approximate surface area is 131 Å². The van der Waals surface area contributed by atoms with Gasteiger partial charge in [0.2, 0.25) is 0 Å². The monoisotopic (exact) mass is 318 g/mol. The Bertz CT molecular complexity index is 806. The summed E-state index contributed by atoms with van der Waals surface area (Å²) >= 11 is 11.9. The molecule has 4 nitrogen and oxygen atoms in total. The molecule has 2 heterocycles. The fraction of sp³-hybridized carbons (Fsp3) is 0.0667. The number of fused-ring (bicyclic) bond motifs is 1. The van der Waals surface area contributed by atoms with Crippen molar-refractivity contribution in [1.82, 2.24) is 14.6 Å². The molecule has 106 valence electrons. The molecule has 2 aromatic heterocycles. The van der Waals surface area contributed by atoms with Crippen molar-refractivity contribution in [2.45, 2.75) is 6.42 Å². The van der Waals surface area contributed by atoms with Crippen molar-refractivity contribution in [2.75, 3.05) is 0 Å². The molecular weight excluding hydrogens is 307 g/mol. The van der Waals surface area contributed by atoms with Crippen molar-refractivity contribution in [3.63, 3.8) is 0 Å². The van der Waals surface area contributed by atoms with Crippen molar-refractivity contribution in [1.29, 1.82) is 0 Å². The first-order chi connectivity index (χ1) is 10.2. The van der Waals surface area contributed by atoms with Crippen LogP contribution in [0.2, 0.25) is 10.2 Å². The first-order valence-corrected chi connectivity index (χ1v) is 7.11. The van der Waals surface area contributed by atoms with Crippen LogP contribution in [0.15, 0.2) is 48.7 Å². The molecule has 2 N–H and O–H groups in total. The van der Waals surface area contributed by atoms with Crippen LogP contribution in [0.3, 0.4) is 0 Å². The van der Waals surface area contributed by atoms with E-state index in [0.717, 1.165) is 22.6 Å². The van der Waals surface area contributed by atoms with Gasteiger partial charge in [-0.2, -0.15) is 5.10 Å². The molecule has 6 heteroatoms. The van der Waals surface area contributed by atoms with Crippen molar-refractivity contribution in [2.24, 2.45) is 5.73 Å². The SMILES string of the molecule is N/C=C/Cc1c(-c2ccc(Cl)cc2)nc2ccc(Cl)nn12. The highest BCUT2D eigenvalue weighted by molar-refractivity contribution is 6.30. The van der Waals surface area contributed by atoms with E-state index >= 15 is 0 Å². The van der Waals surface area contributed by atoms with E-state index in [4.69, 9.17) is 28.9 Å². The molecule has 3 aromatic rings. The van der Waals surface area contributed by atoms with Gasteiger partial charge in [-0.25, -0.2) is 9.50 Å². The first kappa shape index (κ1) is 13.9. The molecule has 0 fully saturated rings. The normalized spacial score (nSPS) is 11.5. The van der Waals surface area contributed by atoms with Gasteiger partial charge in [0.25, 0.3) is 0 Å². The lowest BCUT2D eigenvalue weighted by molar-refractivity contribution is 0.879. The summed E-state index contributed by atoms with van der Waals surface area (Å²) in [7, 11) is 0. The first-order valence-electron chi connectivity index (χ1n) is 6.36. The van der Waals surface area contributed by atoms with E-state index in [-0.39, 0.29) is 0 Å². The van der Waals surface area contributed by atoms with Crippen LogP contribution in [-0.4, -0.2) is 14.6 Å². The highest BCUT2D eigenvalue weighted by atomic mass is 35.5. The Hall–Kier alpha value is -2.04. The summed E-state index contributed by atoms with van der Waals surface area (Å²) < 4.78 is 1.74. The Balaban J connectivity index is 2.22. The average molecular weight is 319 g/mol. The number of imidazole rings is 1. The minimum absolute atomic E-state index is 0.417. The molecule has 0 aliphatic rings. The molecule has 0 atom stereocenters. The number of hydrogen-bond donors (Lipinski definition) is 1. The molecule has 1 aromatic carbocycles. The van der Waals surface area contributed by atoms with Gasteiger partial charge in [-0.05, 0) is 30.5 Å². The Morgan fingerprint density at radius 3 is 2.57 bits per heavy atom. The van der Waals surface area contributed by atoms with E-state index in [0.29, 0.717) is 16.6 Å². The summed E-state index contributed by atoms with van der Waals surface area (Å²) in [5.41, 5.74) is 8.94. The van der Waals surface area contributed by atoms with Crippen LogP contribution in [0.1, 0.15) is 5.69 Å². The van der Waals surface area contributed by atoms with Gasteiger partial charge in [-0.1, -0.05) is 41.4 Å². The predicted molar refractivity (Wildman–Crippen MR) is 85.5 cm³/mol.